The van der Waals surface area contributed by atoms with Crippen LogP contribution in [0.2, 0.25) is 15.1 Å². The van der Waals surface area contributed by atoms with Crippen molar-refractivity contribution in [3.05, 3.63) is 63.1 Å². The molecule has 2 heterocycles. The molecular weight excluding hydrogens is 455 g/mol. The van der Waals surface area contributed by atoms with Crippen LogP contribution in [0.3, 0.4) is 0 Å². The Kier molecular flexibility index (Phi) is 5.63. The first-order chi connectivity index (χ1) is 15.0. The molecule has 1 saturated carbocycles. The Morgan fingerprint density at radius 3 is 2.29 bits per heavy atom. The molecule has 2 aliphatic heterocycles. The molecule has 1 aliphatic carbocycles. The van der Waals surface area contributed by atoms with Gasteiger partial charge in [0.1, 0.15) is 5.71 Å². The lowest BCUT2D eigenvalue weighted by atomic mass is 9.86. The lowest BCUT2D eigenvalue weighted by molar-refractivity contribution is -0.120. The summed E-state index contributed by atoms with van der Waals surface area (Å²) < 4.78 is 0. The van der Waals surface area contributed by atoms with E-state index in [-0.39, 0.29) is 17.4 Å². The van der Waals surface area contributed by atoms with Crippen molar-refractivity contribution in [2.24, 2.45) is 10.5 Å². The maximum absolute atomic E-state index is 13.3. The number of piperidine rings is 1. The number of carbonyl (C=O) groups is 1. The van der Waals surface area contributed by atoms with Crippen molar-refractivity contribution in [2.45, 2.75) is 38.1 Å². The van der Waals surface area contributed by atoms with Gasteiger partial charge in [0.15, 0.2) is 0 Å². The van der Waals surface area contributed by atoms with Crippen molar-refractivity contribution < 1.29 is 4.79 Å². The molecule has 0 radical (unpaired) electrons. The second-order valence-corrected chi connectivity index (χ2v) is 9.77. The Labute approximate surface area is 196 Å². The molecule has 1 amide bonds. The molecule has 3 aliphatic rings. The summed E-state index contributed by atoms with van der Waals surface area (Å²) in [6, 6.07) is 13.0. The number of nitrogens with zero attached hydrogens (tertiary/aromatic N) is 3. The van der Waals surface area contributed by atoms with Gasteiger partial charge in [0.2, 0.25) is 0 Å². The molecule has 2 aromatic carbocycles. The molecule has 0 bridgehead atoms. The summed E-state index contributed by atoms with van der Waals surface area (Å²) in [6.07, 6.45) is 5.19. The van der Waals surface area contributed by atoms with Crippen LogP contribution < -0.4 is 10.4 Å². The average Bonchev–Trinajstić information content (AvgIpc) is 3.46. The number of nitrogens with one attached hydrogen (secondary N) is 1. The molecule has 1 unspecified atom stereocenters. The number of hydrazone groups is 1. The number of benzene rings is 2. The zero-order chi connectivity index (χ0) is 21.6. The number of amides is 1. The third kappa shape index (κ3) is 3.93. The molecule has 1 spiro atoms. The van der Waals surface area contributed by atoms with Crippen LogP contribution in [-0.4, -0.2) is 29.7 Å². The van der Waals surface area contributed by atoms with Crippen LogP contribution in [0.4, 0.5) is 5.69 Å². The van der Waals surface area contributed by atoms with E-state index in [1.165, 1.54) is 6.42 Å². The standard InChI is InChI=1S/C23H23Cl3N4O/c24-16-6-4-15(5-7-16)21-23(10-11-23)20(22(31)28-29-12-2-1-3-13-29)27-30(21)19-9-8-17(25)14-18(19)26/h4-9,14,21H,1-3,10-13H2,(H,28,31). The Balaban J connectivity index is 1.53. The normalized spacial score (nSPS) is 22.5. The molecule has 0 aromatic heterocycles. The Bertz CT molecular complexity index is 1030. The van der Waals surface area contributed by atoms with E-state index < -0.39 is 0 Å². The van der Waals surface area contributed by atoms with Gasteiger partial charge in [-0.05, 0) is 61.6 Å². The highest BCUT2D eigenvalue weighted by molar-refractivity contribution is 6.43. The first kappa shape index (κ1) is 21.1. The minimum absolute atomic E-state index is 0.119. The number of halogens is 3. The van der Waals surface area contributed by atoms with Crippen LogP contribution in [-0.2, 0) is 4.79 Å². The van der Waals surface area contributed by atoms with Gasteiger partial charge in [0.05, 0.1) is 16.8 Å². The number of rotatable bonds is 4. The third-order valence-corrected chi connectivity index (χ3v) is 7.20. The topological polar surface area (TPSA) is 47.9 Å². The first-order valence-electron chi connectivity index (χ1n) is 10.6. The van der Waals surface area contributed by atoms with Gasteiger partial charge >= 0.3 is 0 Å². The van der Waals surface area contributed by atoms with Crippen LogP contribution in [0.1, 0.15) is 43.7 Å². The second-order valence-electron chi connectivity index (χ2n) is 8.49. The summed E-state index contributed by atoms with van der Waals surface area (Å²) in [5.74, 6) is -0.119. The van der Waals surface area contributed by atoms with E-state index in [1.54, 1.807) is 12.1 Å². The van der Waals surface area contributed by atoms with E-state index in [0.29, 0.717) is 20.8 Å². The highest BCUT2D eigenvalue weighted by atomic mass is 35.5. The highest BCUT2D eigenvalue weighted by Gasteiger charge is 2.62. The molecule has 5 nitrogen and oxygen atoms in total. The SMILES string of the molecule is O=C(NN1CCCCC1)C1=NN(c2ccc(Cl)cc2Cl)C(c2ccc(Cl)cc2)C12CC2. The summed E-state index contributed by atoms with van der Waals surface area (Å²) >= 11 is 18.8. The van der Waals surface area contributed by atoms with Crippen molar-refractivity contribution in [1.82, 2.24) is 10.4 Å². The minimum Gasteiger partial charge on any atom is -0.284 e. The van der Waals surface area contributed by atoms with Gasteiger partial charge in [-0.15, -0.1) is 0 Å². The van der Waals surface area contributed by atoms with E-state index in [2.05, 4.69) is 5.43 Å². The smallest absolute Gasteiger partial charge is 0.282 e. The predicted molar refractivity (Wildman–Crippen MR) is 126 cm³/mol. The monoisotopic (exact) mass is 476 g/mol. The van der Waals surface area contributed by atoms with Crippen molar-refractivity contribution in [1.29, 1.82) is 0 Å². The highest BCUT2D eigenvalue weighted by Crippen LogP contribution is 2.62. The molecular formula is C23H23Cl3N4O. The van der Waals surface area contributed by atoms with Gasteiger partial charge in [-0.3, -0.25) is 15.2 Å². The maximum Gasteiger partial charge on any atom is 0.282 e. The van der Waals surface area contributed by atoms with Crippen molar-refractivity contribution >= 4 is 52.1 Å². The van der Waals surface area contributed by atoms with Gasteiger partial charge in [0.25, 0.3) is 5.91 Å². The lowest BCUT2D eigenvalue weighted by Crippen LogP contribution is -2.49. The van der Waals surface area contributed by atoms with Gasteiger partial charge in [-0.2, -0.15) is 5.10 Å². The zero-order valence-corrected chi connectivity index (χ0v) is 19.2. The summed E-state index contributed by atoms with van der Waals surface area (Å²) in [5.41, 5.74) is 5.12. The second kappa shape index (κ2) is 8.28. The Morgan fingerprint density at radius 1 is 0.968 bits per heavy atom. The van der Waals surface area contributed by atoms with Gasteiger partial charge in [-0.1, -0.05) is 53.4 Å². The predicted octanol–water partition coefficient (Wildman–Crippen LogP) is 5.86. The quantitative estimate of drug-likeness (QED) is 0.600. The molecule has 2 aromatic rings. The minimum atomic E-state index is -0.337. The fourth-order valence-corrected chi connectivity index (χ4v) is 5.33. The summed E-state index contributed by atoms with van der Waals surface area (Å²) in [4.78, 5) is 13.3. The van der Waals surface area contributed by atoms with Gasteiger partial charge in [0, 0.05) is 28.5 Å². The van der Waals surface area contributed by atoms with E-state index in [0.717, 1.165) is 50.0 Å². The first-order valence-corrected chi connectivity index (χ1v) is 11.8. The van der Waals surface area contributed by atoms with Crippen LogP contribution in [0.5, 0.6) is 0 Å². The van der Waals surface area contributed by atoms with Crippen molar-refractivity contribution in [3.8, 4) is 0 Å². The molecule has 1 saturated heterocycles. The average molecular weight is 478 g/mol. The third-order valence-electron chi connectivity index (χ3n) is 6.41. The summed E-state index contributed by atoms with van der Waals surface area (Å²) in [6.45, 7) is 1.75. The molecule has 31 heavy (non-hydrogen) atoms. The van der Waals surface area contributed by atoms with Crippen molar-refractivity contribution in [3.63, 3.8) is 0 Å². The largest absolute Gasteiger partial charge is 0.284 e. The van der Waals surface area contributed by atoms with E-state index in [1.807, 2.05) is 40.3 Å². The van der Waals surface area contributed by atoms with E-state index in [9.17, 15) is 4.79 Å². The fraction of sp³-hybridized carbons (Fsp3) is 0.391. The molecule has 162 valence electrons. The zero-order valence-electron chi connectivity index (χ0n) is 17.0. The molecule has 5 rings (SSSR count). The maximum atomic E-state index is 13.3. The van der Waals surface area contributed by atoms with Crippen molar-refractivity contribution in [2.75, 3.05) is 18.1 Å². The molecule has 1 atom stereocenters. The van der Waals surface area contributed by atoms with Crippen LogP contribution in [0.25, 0.3) is 0 Å². The number of hydrazine groups is 1. The van der Waals surface area contributed by atoms with Crippen LogP contribution >= 0.6 is 34.8 Å². The number of carbonyl (C=O) groups excluding carboxylic acids is 1. The number of anilines is 1. The number of hydrogen-bond acceptors (Lipinski definition) is 4. The molecule has 2 fully saturated rings. The van der Waals surface area contributed by atoms with E-state index >= 15 is 0 Å². The molecule has 1 N–H and O–H groups in total. The van der Waals surface area contributed by atoms with Gasteiger partial charge < -0.3 is 0 Å². The van der Waals surface area contributed by atoms with Crippen LogP contribution in [0, 0.1) is 5.41 Å². The lowest BCUT2D eigenvalue weighted by Gasteiger charge is -2.30. The Hall–Kier alpha value is -1.79. The number of hydrogen-bond donors (Lipinski definition) is 1. The van der Waals surface area contributed by atoms with Gasteiger partial charge in [-0.25, -0.2) is 5.01 Å². The summed E-state index contributed by atoms with van der Waals surface area (Å²) in [5, 5.41) is 10.5. The Morgan fingerprint density at radius 2 is 1.65 bits per heavy atom. The van der Waals surface area contributed by atoms with E-state index in [4.69, 9.17) is 39.9 Å². The van der Waals surface area contributed by atoms with Crippen LogP contribution in [0.15, 0.2) is 47.6 Å². The fourth-order valence-electron chi connectivity index (χ4n) is 4.71. The molecule has 8 heteroatoms. The summed E-state index contributed by atoms with van der Waals surface area (Å²) in [7, 11) is 0.